The number of para-hydroxylation sites is 1. The molecule has 3 amide bonds. The van der Waals surface area contributed by atoms with Crippen LogP contribution in [-0.4, -0.2) is 48.9 Å². The van der Waals surface area contributed by atoms with Crippen molar-refractivity contribution in [2.24, 2.45) is 16.6 Å². The van der Waals surface area contributed by atoms with Gasteiger partial charge in [0.05, 0.1) is 29.8 Å². The molecule has 2 aliphatic rings. The van der Waals surface area contributed by atoms with E-state index in [0.717, 1.165) is 0 Å². The zero-order valence-electron chi connectivity index (χ0n) is 22.5. The van der Waals surface area contributed by atoms with Crippen molar-refractivity contribution >= 4 is 29.1 Å². The number of ether oxygens (including phenoxy) is 1. The molecule has 0 saturated carbocycles. The molecule has 3 N–H and O–H groups in total. The third-order valence-electron chi connectivity index (χ3n) is 7.34. The van der Waals surface area contributed by atoms with E-state index in [9.17, 15) is 27.6 Å². The summed E-state index contributed by atoms with van der Waals surface area (Å²) in [4.78, 5) is 46.6. The first-order chi connectivity index (χ1) is 20.1. The van der Waals surface area contributed by atoms with Crippen molar-refractivity contribution in [3.05, 3.63) is 95.6 Å². The Labute approximate surface area is 240 Å². The second-order valence-corrected chi connectivity index (χ2v) is 10.2. The Morgan fingerprint density at radius 1 is 1.02 bits per heavy atom. The van der Waals surface area contributed by atoms with Gasteiger partial charge in [0.1, 0.15) is 5.75 Å². The third kappa shape index (κ3) is 6.14. The molecule has 0 aromatic heterocycles. The summed E-state index contributed by atoms with van der Waals surface area (Å²) in [5.41, 5.74) is 8.14. The van der Waals surface area contributed by atoms with E-state index in [1.54, 1.807) is 60.7 Å². The maximum absolute atomic E-state index is 14.0. The number of halogens is 3. The number of hydrogen-bond donors (Lipinski definition) is 2. The summed E-state index contributed by atoms with van der Waals surface area (Å²) in [6.45, 7) is 0.643. The van der Waals surface area contributed by atoms with Crippen LogP contribution in [0.15, 0.2) is 83.9 Å². The van der Waals surface area contributed by atoms with Gasteiger partial charge in [0.25, 0.3) is 5.91 Å². The predicted octanol–water partition coefficient (Wildman–Crippen LogP) is 4.32. The van der Waals surface area contributed by atoms with Crippen molar-refractivity contribution in [3.8, 4) is 5.75 Å². The second kappa shape index (κ2) is 12.1. The van der Waals surface area contributed by atoms with Crippen LogP contribution < -0.4 is 20.7 Å². The highest BCUT2D eigenvalue weighted by atomic mass is 19.4. The zero-order chi connectivity index (χ0) is 29.9. The molecule has 0 aliphatic carbocycles. The number of alkyl halides is 3. The number of amides is 3. The number of carbonyl (C=O) groups is 3. The highest BCUT2D eigenvalue weighted by molar-refractivity contribution is 6.21. The molecule has 0 spiro atoms. The third-order valence-corrected chi connectivity index (χ3v) is 7.34. The van der Waals surface area contributed by atoms with Crippen molar-refractivity contribution < 1.29 is 32.3 Å². The summed E-state index contributed by atoms with van der Waals surface area (Å²) >= 11 is 0. The van der Waals surface area contributed by atoms with Crippen molar-refractivity contribution in [1.82, 2.24) is 5.32 Å². The molecule has 42 heavy (non-hydrogen) atoms. The molecule has 3 atom stereocenters. The van der Waals surface area contributed by atoms with Crippen LogP contribution in [-0.2, 0) is 14.4 Å². The summed E-state index contributed by atoms with van der Waals surface area (Å²) in [6, 6.07) is 22.3. The number of primary amides is 1. The molecular weight excluding hydrogens is 549 g/mol. The molecule has 0 fully saturated rings. The van der Waals surface area contributed by atoms with Gasteiger partial charge < -0.3 is 20.7 Å². The summed E-state index contributed by atoms with van der Waals surface area (Å²) in [7, 11) is 0. The molecule has 11 heteroatoms. The van der Waals surface area contributed by atoms with Crippen molar-refractivity contribution in [3.63, 3.8) is 0 Å². The van der Waals surface area contributed by atoms with Gasteiger partial charge >= 0.3 is 6.18 Å². The quantitative estimate of drug-likeness (QED) is 0.414. The lowest BCUT2D eigenvalue weighted by atomic mass is 9.81. The Kier molecular flexibility index (Phi) is 8.28. The molecule has 5 rings (SSSR count). The van der Waals surface area contributed by atoms with Crippen LogP contribution in [0.2, 0.25) is 0 Å². The van der Waals surface area contributed by atoms with E-state index in [1.807, 2.05) is 6.07 Å². The largest absolute Gasteiger partial charge is 0.491 e. The van der Waals surface area contributed by atoms with Gasteiger partial charge in [-0.3, -0.25) is 14.4 Å². The molecule has 2 aliphatic heterocycles. The van der Waals surface area contributed by atoms with Gasteiger partial charge in [-0.1, -0.05) is 72.8 Å². The van der Waals surface area contributed by atoms with E-state index in [2.05, 4.69) is 10.3 Å². The number of aliphatic imine (C=N–C) groups is 1. The SMILES string of the molecule is NC(=O)[C@@H](c1ccccc1)[C@@H](CCC(F)(F)F)C(=O)N[C@H]1N=C(c2ccccc2)c2cccc3c2N(CCCO3)C1=O. The number of nitrogens with one attached hydrogen (secondary N) is 1. The highest BCUT2D eigenvalue weighted by Gasteiger charge is 2.41. The van der Waals surface area contributed by atoms with Gasteiger partial charge in [0.2, 0.25) is 18.0 Å². The Balaban J connectivity index is 1.57. The first-order valence-corrected chi connectivity index (χ1v) is 13.6. The number of rotatable bonds is 8. The first-order valence-electron chi connectivity index (χ1n) is 13.6. The summed E-state index contributed by atoms with van der Waals surface area (Å²) in [6.07, 6.45) is -7.60. The zero-order valence-corrected chi connectivity index (χ0v) is 22.5. The minimum Gasteiger partial charge on any atom is -0.491 e. The molecule has 0 unspecified atom stereocenters. The monoisotopic (exact) mass is 578 g/mol. The minimum atomic E-state index is -4.59. The number of benzene rings is 3. The van der Waals surface area contributed by atoms with Gasteiger partial charge in [-0.25, -0.2) is 4.99 Å². The number of nitrogens with zero attached hydrogens (tertiary/aromatic N) is 2. The van der Waals surface area contributed by atoms with E-state index in [4.69, 9.17) is 10.5 Å². The van der Waals surface area contributed by atoms with E-state index < -0.39 is 54.7 Å². The molecule has 0 saturated heterocycles. The molecule has 218 valence electrons. The number of hydrogen-bond acceptors (Lipinski definition) is 5. The fraction of sp³-hybridized carbons (Fsp3) is 0.290. The second-order valence-electron chi connectivity index (χ2n) is 10.2. The maximum atomic E-state index is 14.0. The molecule has 8 nitrogen and oxygen atoms in total. The van der Waals surface area contributed by atoms with Crippen LogP contribution >= 0.6 is 0 Å². The molecule has 0 radical (unpaired) electrons. The lowest BCUT2D eigenvalue weighted by molar-refractivity contribution is -0.144. The fourth-order valence-electron chi connectivity index (χ4n) is 5.43. The van der Waals surface area contributed by atoms with Crippen LogP contribution in [0.1, 0.15) is 41.9 Å². The summed E-state index contributed by atoms with van der Waals surface area (Å²) in [5, 5.41) is 2.58. The van der Waals surface area contributed by atoms with Crippen molar-refractivity contribution in [2.45, 2.75) is 37.5 Å². The molecule has 0 bridgehead atoms. The predicted molar refractivity (Wildman–Crippen MR) is 150 cm³/mol. The Morgan fingerprint density at radius 2 is 1.71 bits per heavy atom. The minimum absolute atomic E-state index is 0.276. The van der Waals surface area contributed by atoms with Crippen LogP contribution in [0.4, 0.5) is 18.9 Å². The highest BCUT2D eigenvalue weighted by Crippen LogP contribution is 2.39. The van der Waals surface area contributed by atoms with E-state index in [0.29, 0.717) is 46.9 Å². The molecular formula is C31H29F3N4O4. The van der Waals surface area contributed by atoms with Gasteiger partial charge in [-0.2, -0.15) is 13.2 Å². The van der Waals surface area contributed by atoms with Crippen LogP contribution in [0.5, 0.6) is 5.75 Å². The van der Waals surface area contributed by atoms with Crippen molar-refractivity contribution in [1.29, 1.82) is 0 Å². The van der Waals surface area contributed by atoms with Crippen LogP contribution in [0.25, 0.3) is 0 Å². The Hall–Kier alpha value is -4.67. The molecule has 3 aromatic rings. The van der Waals surface area contributed by atoms with Gasteiger partial charge in [-0.05, 0) is 24.5 Å². The van der Waals surface area contributed by atoms with Crippen molar-refractivity contribution in [2.75, 3.05) is 18.1 Å². The fourth-order valence-corrected chi connectivity index (χ4v) is 5.43. The van der Waals surface area contributed by atoms with E-state index in [1.165, 1.54) is 17.0 Å². The number of carbonyl (C=O) groups excluding carboxylic acids is 3. The van der Waals surface area contributed by atoms with Crippen LogP contribution in [0, 0.1) is 5.92 Å². The average Bonchev–Trinajstić information content (AvgIpc) is 3.25. The number of nitrogens with two attached hydrogens (primary N) is 1. The Bertz CT molecular complexity index is 1500. The lowest BCUT2D eigenvalue weighted by Gasteiger charge is -2.28. The van der Waals surface area contributed by atoms with E-state index >= 15 is 0 Å². The van der Waals surface area contributed by atoms with Gasteiger partial charge in [0, 0.05) is 24.1 Å². The van der Waals surface area contributed by atoms with E-state index in [-0.39, 0.29) is 6.54 Å². The number of anilines is 1. The molecule has 3 aromatic carbocycles. The molecule has 2 heterocycles. The first kappa shape index (κ1) is 28.8. The Morgan fingerprint density at radius 3 is 2.38 bits per heavy atom. The lowest BCUT2D eigenvalue weighted by Crippen LogP contribution is -2.50. The van der Waals surface area contributed by atoms with Crippen LogP contribution in [0.3, 0.4) is 0 Å². The van der Waals surface area contributed by atoms with Gasteiger partial charge in [-0.15, -0.1) is 0 Å². The standard InChI is InChI=1S/C31H29F3N4O4/c32-31(33,34)16-15-21(24(27(35)39)19-9-3-1-4-10-19)29(40)37-28-30(41)38-17-8-18-42-23-14-7-13-22(26(23)38)25(36-28)20-11-5-2-6-12-20/h1-7,9-14,21,24,28H,8,15-18H2,(H2,35,39)(H,37,40)/t21-,24+,28-/m1/s1. The topological polar surface area (TPSA) is 114 Å². The smallest absolute Gasteiger partial charge is 0.389 e. The summed E-state index contributed by atoms with van der Waals surface area (Å²) < 4.78 is 46.0. The average molecular weight is 579 g/mol. The summed E-state index contributed by atoms with van der Waals surface area (Å²) in [5.74, 6) is -4.84. The normalized spacial score (nSPS) is 18.0. The maximum Gasteiger partial charge on any atom is 0.389 e. The van der Waals surface area contributed by atoms with Gasteiger partial charge in [0.15, 0.2) is 0 Å².